The van der Waals surface area contributed by atoms with Gasteiger partial charge in [-0.25, -0.2) is 0 Å². The minimum atomic E-state index is -0.869. The molecule has 1 saturated heterocycles. The summed E-state index contributed by atoms with van der Waals surface area (Å²) < 4.78 is 5.58. The van der Waals surface area contributed by atoms with E-state index < -0.39 is 29.7 Å². The van der Waals surface area contributed by atoms with Crippen molar-refractivity contribution in [2.24, 2.45) is 5.73 Å². The van der Waals surface area contributed by atoms with Gasteiger partial charge in [-0.05, 0) is 23.6 Å². The van der Waals surface area contributed by atoms with E-state index >= 15 is 0 Å². The van der Waals surface area contributed by atoms with Gasteiger partial charge in [0.05, 0.1) is 5.56 Å². The van der Waals surface area contributed by atoms with Crippen LogP contribution in [-0.4, -0.2) is 54.5 Å². The van der Waals surface area contributed by atoms with Gasteiger partial charge in [-0.15, -0.1) is 0 Å². The lowest BCUT2D eigenvalue weighted by Gasteiger charge is -2.30. The zero-order valence-electron chi connectivity index (χ0n) is 18.7. The Hall–Kier alpha value is -4.05. The van der Waals surface area contributed by atoms with Crippen molar-refractivity contribution in [3.8, 4) is 5.75 Å². The van der Waals surface area contributed by atoms with E-state index in [4.69, 9.17) is 10.5 Å². The Morgan fingerprint density at radius 3 is 2.53 bits per heavy atom. The smallest absolute Gasteiger partial charge is 0.258 e. The molecule has 1 unspecified atom stereocenters. The van der Waals surface area contributed by atoms with E-state index in [2.05, 4.69) is 10.6 Å². The summed E-state index contributed by atoms with van der Waals surface area (Å²) in [6, 6.07) is 11.0. The van der Waals surface area contributed by atoms with Crippen LogP contribution in [-0.2, 0) is 27.5 Å². The molecular weight excluding hydrogens is 440 g/mol. The van der Waals surface area contributed by atoms with Gasteiger partial charge in [0.25, 0.3) is 11.8 Å². The summed E-state index contributed by atoms with van der Waals surface area (Å²) >= 11 is 0. The van der Waals surface area contributed by atoms with Crippen LogP contribution < -0.4 is 21.1 Å². The number of carbonyl (C=O) groups is 5. The second-order valence-corrected chi connectivity index (χ2v) is 7.81. The molecule has 3 rings (SSSR count). The van der Waals surface area contributed by atoms with Crippen LogP contribution in [0.25, 0.3) is 0 Å². The van der Waals surface area contributed by atoms with E-state index in [0.717, 1.165) is 11.1 Å². The number of piperidine rings is 1. The molecule has 0 aliphatic carbocycles. The summed E-state index contributed by atoms with van der Waals surface area (Å²) in [4.78, 5) is 61.8. The predicted octanol–water partition coefficient (Wildman–Crippen LogP) is 0.530. The molecule has 178 valence electrons. The van der Waals surface area contributed by atoms with Crippen molar-refractivity contribution >= 4 is 29.9 Å². The van der Waals surface area contributed by atoms with Gasteiger partial charge in [-0.1, -0.05) is 36.4 Å². The highest BCUT2D eigenvalue weighted by Gasteiger charge is 2.34. The highest BCUT2D eigenvalue weighted by atomic mass is 16.5. The fourth-order valence-corrected chi connectivity index (χ4v) is 3.55. The molecule has 1 atom stereocenters. The van der Waals surface area contributed by atoms with Crippen molar-refractivity contribution in [2.45, 2.75) is 32.0 Å². The minimum Gasteiger partial charge on any atom is -0.483 e. The number of likely N-dealkylation sites (N-methyl/N-ethyl adjacent to an activating group) is 1. The topological polar surface area (TPSA) is 148 Å². The van der Waals surface area contributed by atoms with E-state index in [1.807, 2.05) is 24.3 Å². The molecule has 10 nitrogen and oxygen atoms in total. The van der Waals surface area contributed by atoms with Gasteiger partial charge in [-0.3, -0.25) is 29.3 Å². The van der Waals surface area contributed by atoms with Crippen LogP contribution in [0, 0.1) is 0 Å². The van der Waals surface area contributed by atoms with Gasteiger partial charge in [0.15, 0.2) is 12.9 Å². The average molecular weight is 466 g/mol. The molecule has 1 fully saturated rings. The first-order valence-electron chi connectivity index (χ1n) is 10.7. The molecule has 0 spiro atoms. The Morgan fingerprint density at radius 2 is 1.88 bits per heavy atom. The summed E-state index contributed by atoms with van der Waals surface area (Å²) in [7, 11) is 1.41. The lowest BCUT2D eigenvalue weighted by Crippen LogP contribution is -2.53. The van der Waals surface area contributed by atoms with Gasteiger partial charge in [0, 0.05) is 32.1 Å². The minimum absolute atomic E-state index is 0.0381. The number of benzene rings is 2. The second-order valence-electron chi connectivity index (χ2n) is 7.81. The molecule has 1 heterocycles. The van der Waals surface area contributed by atoms with Gasteiger partial charge < -0.3 is 20.7 Å². The first kappa shape index (κ1) is 24.6. The molecule has 1 aliphatic heterocycles. The Morgan fingerprint density at radius 1 is 1.18 bits per heavy atom. The quantitative estimate of drug-likeness (QED) is 0.361. The molecule has 4 N–H and O–H groups in total. The van der Waals surface area contributed by atoms with Crippen molar-refractivity contribution in [3.63, 3.8) is 0 Å². The molecule has 2 aromatic rings. The van der Waals surface area contributed by atoms with Gasteiger partial charge in [-0.2, -0.15) is 0 Å². The van der Waals surface area contributed by atoms with Crippen molar-refractivity contribution in [3.05, 3.63) is 64.7 Å². The SMILES string of the molecule is CN(C(=O)c1c(C=O)cccc1OCC(=O)NCc1ccc(CN)cc1)C1CCC(=O)NC1=O. The maximum atomic E-state index is 13.2. The number of imide groups is 1. The molecule has 2 aromatic carbocycles. The molecule has 0 radical (unpaired) electrons. The summed E-state index contributed by atoms with van der Waals surface area (Å²) in [5.74, 6) is -2.00. The Bertz CT molecular complexity index is 1100. The molecule has 4 amide bonds. The monoisotopic (exact) mass is 466 g/mol. The number of nitrogens with one attached hydrogen (secondary N) is 2. The first-order chi connectivity index (χ1) is 16.3. The standard InChI is InChI=1S/C24H26N4O6/c1-28(18-9-10-20(30)27-23(18)32)24(33)22-17(13-29)3-2-4-19(22)34-14-21(31)26-12-16-7-5-15(11-25)6-8-16/h2-8,13,18H,9-12,14,25H2,1H3,(H,26,31)(H,27,30,32). The lowest BCUT2D eigenvalue weighted by molar-refractivity contribution is -0.136. The van der Waals surface area contributed by atoms with Crippen LogP contribution in [0.15, 0.2) is 42.5 Å². The van der Waals surface area contributed by atoms with E-state index in [1.165, 1.54) is 30.1 Å². The van der Waals surface area contributed by atoms with E-state index in [1.54, 1.807) is 0 Å². The third-order valence-electron chi connectivity index (χ3n) is 5.50. The maximum absolute atomic E-state index is 13.2. The van der Waals surface area contributed by atoms with Crippen LogP contribution in [0.3, 0.4) is 0 Å². The number of hydrogen-bond acceptors (Lipinski definition) is 7. The van der Waals surface area contributed by atoms with Crippen molar-refractivity contribution in [1.82, 2.24) is 15.5 Å². The number of aldehydes is 1. The van der Waals surface area contributed by atoms with Gasteiger partial charge in [0.1, 0.15) is 11.8 Å². The number of hydrogen-bond donors (Lipinski definition) is 3. The van der Waals surface area contributed by atoms with Crippen LogP contribution in [0.1, 0.15) is 44.7 Å². The van der Waals surface area contributed by atoms with Crippen LogP contribution in [0.5, 0.6) is 5.75 Å². The van der Waals surface area contributed by atoms with Crippen LogP contribution in [0.4, 0.5) is 0 Å². The van der Waals surface area contributed by atoms with Crippen molar-refractivity contribution in [1.29, 1.82) is 0 Å². The largest absolute Gasteiger partial charge is 0.483 e. The molecule has 10 heteroatoms. The lowest BCUT2D eigenvalue weighted by atomic mass is 10.0. The zero-order chi connectivity index (χ0) is 24.7. The predicted molar refractivity (Wildman–Crippen MR) is 122 cm³/mol. The fourth-order valence-electron chi connectivity index (χ4n) is 3.55. The molecule has 0 bridgehead atoms. The average Bonchev–Trinajstić information content (AvgIpc) is 2.85. The van der Waals surface area contributed by atoms with Gasteiger partial charge >= 0.3 is 0 Å². The molecular formula is C24H26N4O6. The van der Waals surface area contributed by atoms with E-state index in [-0.39, 0.29) is 42.9 Å². The highest BCUT2D eigenvalue weighted by molar-refractivity contribution is 6.07. The summed E-state index contributed by atoms with van der Waals surface area (Å²) in [5.41, 5.74) is 7.44. The van der Waals surface area contributed by atoms with E-state index in [9.17, 15) is 24.0 Å². The summed E-state index contributed by atoms with van der Waals surface area (Å²) in [6.45, 7) is 0.331. The van der Waals surface area contributed by atoms with Gasteiger partial charge in [0.2, 0.25) is 11.8 Å². The van der Waals surface area contributed by atoms with Crippen LogP contribution in [0.2, 0.25) is 0 Å². The first-order valence-corrected chi connectivity index (χ1v) is 10.7. The number of nitrogens with two attached hydrogens (primary N) is 1. The number of ether oxygens (including phenoxy) is 1. The third kappa shape index (κ3) is 5.84. The number of carbonyl (C=O) groups excluding carboxylic acids is 5. The summed E-state index contributed by atoms with van der Waals surface area (Å²) in [6.07, 6.45) is 0.770. The zero-order valence-corrected chi connectivity index (χ0v) is 18.7. The highest BCUT2D eigenvalue weighted by Crippen LogP contribution is 2.25. The molecule has 0 saturated carbocycles. The van der Waals surface area contributed by atoms with Crippen LogP contribution >= 0.6 is 0 Å². The van der Waals surface area contributed by atoms with E-state index in [0.29, 0.717) is 12.8 Å². The molecule has 1 aliphatic rings. The molecule has 0 aromatic heterocycles. The maximum Gasteiger partial charge on any atom is 0.258 e. The molecule has 34 heavy (non-hydrogen) atoms. The number of amides is 4. The summed E-state index contributed by atoms with van der Waals surface area (Å²) in [5, 5.41) is 4.93. The fraction of sp³-hybridized carbons (Fsp3) is 0.292. The normalized spacial score (nSPS) is 15.3. The third-order valence-corrected chi connectivity index (χ3v) is 5.50. The number of rotatable bonds is 9. The Labute approximate surface area is 196 Å². The Balaban J connectivity index is 1.68. The number of nitrogens with zero attached hydrogens (tertiary/aromatic N) is 1. The van der Waals surface area contributed by atoms with Crippen molar-refractivity contribution in [2.75, 3.05) is 13.7 Å². The second kappa shape index (κ2) is 11.2. The Kier molecular flexibility index (Phi) is 8.10. The van der Waals surface area contributed by atoms with Crippen molar-refractivity contribution < 1.29 is 28.7 Å².